The van der Waals surface area contributed by atoms with Crippen molar-refractivity contribution in [1.29, 1.82) is 0 Å². The number of benzene rings is 1. The Kier molecular flexibility index (Phi) is 4.46. The van der Waals surface area contributed by atoms with Crippen molar-refractivity contribution in [3.63, 3.8) is 0 Å². The Hall–Kier alpha value is -3.29. The normalized spacial score (nSPS) is 10.5. The highest BCUT2D eigenvalue weighted by Gasteiger charge is 2.13. The van der Waals surface area contributed by atoms with Crippen LogP contribution in [0.2, 0.25) is 0 Å². The molecular formula is C16H13FN4O3. The third-order valence-corrected chi connectivity index (χ3v) is 3.18. The van der Waals surface area contributed by atoms with Crippen molar-refractivity contribution >= 4 is 5.91 Å². The second-order valence-electron chi connectivity index (χ2n) is 4.94. The van der Waals surface area contributed by atoms with E-state index in [1.54, 1.807) is 18.3 Å². The molecule has 0 radical (unpaired) electrons. The van der Waals surface area contributed by atoms with Gasteiger partial charge in [0.1, 0.15) is 12.4 Å². The predicted octanol–water partition coefficient (Wildman–Crippen LogP) is 1.35. The van der Waals surface area contributed by atoms with Crippen molar-refractivity contribution in [1.82, 2.24) is 20.1 Å². The molecule has 3 rings (SSSR count). The lowest BCUT2D eigenvalue weighted by Gasteiger charge is -2.03. The van der Waals surface area contributed by atoms with Gasteiger partial charge in [0, 0.05) is 11.8 Å². The van der Waals surface area contributed by atoms with Gasteiger partial charge >= 0.3 is 5.76 Å². The Labute approximate surface area is 135 Å². The molecule has 0 spiro atoms. The SMILES string of the molecule is O=C(Cn1nc(-c2ccc(F)cc2)oc1=O)NCc1ccccn1. The molecule has 2 heterocycles. The van der Waals surface area contributed by atoms with Gasteiger partial charge in [-0.2, -0.15) is 4.68 Å². The molecule has 0 saturated heterocycles. The first-order chi connectivity index (χ1) is 11.6. The molecular weight excluding hydrogens is 315 g/mol. The molecule has 0 aliphatic rings. The van der Waals surface area contributed by atoms with E-state index in [0.717, 1.165) is 4.68 Å². The minimum atomic E-state index is -0.762. The predicted molar refractivity (Wildman–Crippen MR) is 82.2 cm³/mol. The molecule has 1 aromatic carbocycles. The Balaban J connectivity index is 1.66. The van der Waals surface area contributed by atoms with Crippen LogP contribution in [0.3, 0.4) is 0 Å². The average Bonchev–Trinajstić information content (AvgIpc) is 2.95. The molecule has 0 atom stereocenters. The minimum Gasteiger partial charge on any atom is -0.388 e. The number of pyridine rings is 1. The van der Waals surface area contributed by atoms with E-state index in [-0.39, 0.29) is 19.0 Å². The fourth-order valence-electron chi connectivity index (χ4n) is 2.00. The topological polar surface area (TPSA) is 90.0 Å². The first kappa shape index (κ1) is 15.6. The van der Waals surface area contributed by atoms with E-state index >= 15 is 0 Å². The second kappa shape index (κ2) is 6.86. The zero-order chi connectivity index (χ0) is 16.9. The van der Waals surface area contributed by atoms with Crippen molar-refractivity contribution < 1.29 is 13.6 Å². The largest absolute Gasteiger partial charge is 0.437 e. The molecule has 0 saturated carbocycles. The van der Waals surface area contributed by atoms with Gasteiger partial charge in [0.05, 0.1) is 12.2 Å². The molecule has 0 aliphatic carbocycles. The van der Waals surface area contributed by atoms with Crippen LogP contribution in [0.4, 0.5) is 4.39 Å². The van der Waals surface area contributed by atoms with Crippen molar-refractivity contribution in [2.75, 3.05) is 0 Å². The molecule has 0 unspecified atom stereocenters. The zero-order valence-electron chi connectivity index (χ0n) is 12.5. The van der Waals surface area contributed by atoms with E-state index in [1.165, 1.54) is 24.3 Å². The number of nitrogens with one attached hydrogen (secondary N) is 1. The van der Waals surface area contributed by atoms with Crippen LogP contribution in [0.5, 0.6) is 0 Å². The Bertz CT molecular complexity index is 888. The zero-order valence-corrected chi connectivity index (χ0v) is 12.5. The molecule has 24 heavy (non-hydrogen) atoms. The number of carbonyl (C=O) groups is 1. The summed E-state index contributed by atoms with van der Waals surface area (Å²) in [5.41, 5.74) is 1.14. The second-order valence-corrected chi connectivity index (χ2v) is 4.94. The Morgan fingerprint density at radius 2 is 2.00 bits per heavy atom. The van der Waals surface area contributed by atoms with E-state index in [1.807, 2.05) is 6.07 Å². The van der Waals surface area contributed by atoms with Gasteiger partial charge in [-0.15, -0.1) is 5.10 Å². The quantitative estimate of drug-likeness (QED) is 0.763. The van der Waals surface area contributed by atoms with Gasteiger partial charge in [0.15, 0.2) is 0 Å². The number of rotatable bonds is 5. The molecule has 122 valence electrons. The number of hydrogen-bond acceptors (Lipinski definition) is 5. The van der Waals surface area contributed by atoms with Crippen molar-refractivity contribution in [2.24, 2.45) is 0 Å². The van der Waals surface area contributed by atoms with Crippen LogP contribution >= 0.6 is 0 Å². The smallest absolute Gasteiger partial charge is 0.388 e. The molecule has 8 heteroatoms. The summed E-state index contributed by atoms with van der Waals surface area (Å²) in [6, 6.07) is 10.7. The maximum absolute atomic E-state index is 12.9. The van der Waals surface area contributed by atoms with Crippen LogP contribution in [0, 0.1) is 5.82 Å². The summed E-state index contributed by atoms with van der Waals surface area (Å²) in [5.74, 6) is -1.55. The first-order valence-electron chi connectivity index (χ1n) is 7.12. The van der Waals surface area contributed by atoms with Crippen molar-refractivity contribution in [2.45, 2.75) is 13.1 Å². The maximum Gasteiger partial charge on any atom is 0.437 e. The van der Waals surface area contributed by atoms with E-state index in [0.29, 0.717) is 11.3 Å². The summed E-state index contributed by atoms with van der Waals surface area (Å²) in [7, 11) is 0. The van der Waals surface area contributed by atoms with Crippen LogP contribution in [0.1, 0.15) is 5.69 Å². The lowest BCUT2D eigenvalue weighted by Crippen LogP contribution is -2.31. The number of hydrogen-bond donors (Lipinski definition) is 1. The monoisotopic (exact) mass is 328 g/mol. The number of amides is 1. The Morgan fingerprint density at radius 3 is 2.71 bits per heavy atom. The van der Waals surface area contributed by atoms with Crippen LogP contribution in [0.15, 0.2) is 57.9 Å². The number of nitrogens with zero attached hydrogens (tertiary/aromatic N) is 3. The molecule has 0 bridgehead atoms. The summed E-state index contributed by atoms with van der Waals surface area (Å²) in [5, 5.41) is 6.58. The third kappa shape index (κ3) is 3.72. The van der Waals surface area contributed by atoms with E-state index in [4.69, 9.17) is 4.42 Å². The number of halogens is 1. The molecule has 3 aromatic rings. The van der Waals surface area contributed by atoms with Gasteiger partial charge in [0.25, 0.3) is 0 Å². The molecule has 2 aromatic heterocycles. The van der Waals surface area contributed by atoms with Crippen LogP contribution in [-0.2, 0) is 17.9 Å². The summed E-state index contributed by atoms with van der Waals surface area (Å²) in [4.78, 5) is 27.7. The van der Waals surface area contributed by atoms with E-state index < -0.39 is 17.5 Å². The van der Waals surface area contributed by atoms with Gasteiger partial charge in [0.2, 0.25) is 11.8 Å². The molecule has 1 amide bonds. The summed E-state index contributed by atoms with van der Waals surface area (Å²) < 4.78 is 18.8. The van der Waals surface area contributed by atoms with Crippen molar-refractivity contribution in [3.05, 3.63) is 70.7 Å². The highest BCUT2D eigenvalue weighted by atomic mass is 19.1. The average molecular weight is 328 g/mol. The molecule has 1 N–H and O–H groups in total. The molecule has 0 aliphatic heterocycles. The van der Waals surface area contributed by atoms with Gasteiger partial charge in [-0.1, -0.05) is 6.07 Å². The van der Waals surface area contributed by atoms with Crippen molar-refractivity contribution in [3.8, 4) is 11.5 Å². The van der Waals surface area contributed by atoms with Crippen LogP contribution < -0.4 is 11.1 Å². The maximum atomic E-state index is 12.9. The summed E-state index contributed by atoms with van der Waals surface area (Å²) in [6.45, 7) is -0.0343. The highest BCUT2D eigenvalue weighted by molar-refractivity contribution is 5.75. The van der Waals surface area contributed by atoms with E-state index in [2.05, 4.69) is 15.4 Å². The van der Waals surface area contributed by atoms with Crippen LogP contribution in [0.25, 0.3) is 11.5 Å². The highest BCUT2D eigenvalue weighted by Crippen LogP contribution is 2.15. The summed E-state index contributed by atoms with van der Waals surface area (Å²) >= 11 is 0. The minimum absolute atomic E-state index is 0.0255. The van der Waals surface area contributed by atoms with E-state index in [9.17, 15) is 14.0 Å². The molecule has 0 fully saturated rings. The number of aromatic nitrogens is 3. The summed E-state index contributed by atoms with van der Waals surface area (Å²) in [6.07, 6.45) is 1.62. The lowest BCUT2D eigenvalue weighted by atomic mass is 10.2. The standard InChI is InChI=1S/C16H13FN4O3/c17-12-6-4-11(5-7-12)15-20-21(16(23)24-15)10-14(22)19-9-13-3-1-2-8-18-13/h1-8H,9-10H2,(H,19,22). The Morgan fingerprint density at radius 1 is 1.21 bits per heavy atom. The fraction of sp³-hybridized carbons (Fsp3) is 0.125. The third-order valence-electron chi connectivity index (χ3n) is 3.18. The van der Waals surface area contributed by atoms with Gasteiger partial charge < -0.3 is 9.73 Å². The van der Waals surface area contributed by atoms with Crippen LogP contribution in [-0.4, -0.2) is 20.7 Å². The van der Waals surface area contributed by atoms with Gasteiger partial charge in [-0.3, -0.25) is 9.78 Å². The molecule has 7 nitrogen and oxygen atoms in total. The fourth-order valence-corrected chi connectivity index (χ4v) is 2.00. The first-order valence-corrected chi connectivity index (χ1v) is 7.12. The number of carbonyl (C=O) groups excluding carboxylic acids is 1. The van der Waals surface area contributed by atoms with Gasteiger partial charge in [-0.05, 0) is 36.4 Å². The lowest BCUT2D eigenvalue weighted by molar-refractivity contribution is -0.122. The van der Waals surface area contributed by atoms with Gasteiger partial charge in [-0.25, -0.2) is 9.18 Å².